The van der Waals surface area contributed by atoms with Gasteiger partial charge in [0.1, 0.15) is 4.88 Å². The number of hydrogen-bond donors (Lipinski definition) is 1. The zero-order valence-corrected chi connectivity index (χ0v) is 15.4. The third-order valence-corrected chi connectivity index (χ3v) is 5.66. The van der Waals surface area contributed by atoms with E-state index in [1.807, 2.05) is 56.3 Å². The van der Waals surface area contributed by atoms with Crippen LogP contribution in [0.4, 0.5) is 5.13 Å². The third kappa shape index (κ3) is 3.18. The summed E-state index contributed by atoms with van der Waals surface area (Å²) in [6, 6.07) is 15.8. The van der Waals surface area contributed by atoms with E-state index in [0.29, 0.717) is 10.0 Å². The minimum atomic E-state index is -0.166. The molecule has 6 heteroatoms. The molecule has 4 rings (SSSR count). The monoisotopic (exact) mass is 365 g/mol. The Morgan fingerprint density at radius 2 is 1.80 bits per heavy atom. The zero-order chi connectivity index (χ0) is 17.4. The Labute approximate surface area is 153 Å². The molecule has 0 aliphatic rings. The quantitative estimate of drug-likeness (QED) is 0.537. The van der Waals surface area contributed by atoms with Crippen molar-refractivity contribution in [1.29, 1.82) is 0 Å². The summed E-state index contributed by atoms with van der Waals surface area (Å²) in [6.07, 6.45) is 0. The van der Waals surface area contributed by atoms with Crippen LogP contribution in [0.25, 0.3) is 21.5 Å². The average molecular weight is 365 g/mol. The fraction of sp³-hybridized carbons (Fsp3) is 0.105. The number of aryl methyl sites for hydroxylation is 2. The first kappa shape index (κ1) is 15.9. The van der Waals surface area contributed by atoms with E-state index in [-0.39, 0.29) is 5.91 Å². The van der Waals surface area contributed by atoms with E-state index in [4.69, 9.17) is 0 Å². The van der Waals surface area contributed by atoms with E-state index in [2.05, 4.69) is 21.4 Å². The van der Waals surface area contributed by atoms with Crippen molar-refractivity contribution in [3.63, 3.8) is 0 Å². The molecule has 0 aliphatic heterocycles. The van der Waals surface area contributed by atoms with Gasteiger partial charge in [0, 0.05) is 5.56 Å². The first-order chi connectivity index (χ1) is 12.1. The van der Waals surface area contributed by atoms with Crippen LogP contribution in [0.15, 0.2) is 48.5 Å². The fourth-order valence-electron chi connectivity index (χ4n) is 2.61. The van der Waals surface area contributed by atoms with Gasteiger partial charge in [-0.25, -0.2) is 9.97 Å². The molecule has 1 amide bonds. The Bertz CT molecular complexity index is 1070. The summed E-state index contributed by atoms with van der Waals surface area (Å²) in [6.45, 7) is 3.96. The highest BCUT2D eigenvalue weighted by Gasteiger charge is 2.19. The highest BCUT2D eigenvalue weighted by molar-refractivity contribution is 7.22. The summed E-state index contributed by atoms with van der Waals surface area (Å²) in [5.41, 5.74) is 3.74. The summed E-state index contributed by atoms with van der Waals surface area (Å²) in [5.74, 6) is -0.166. The van der Waals surface area contributed by atoms with Crippen LogP contribution >= 0.6 is 22.7 Å². The number of thiazole rings is 2. The highest BCUT2D eigenvalue weighted by atomic mass is 32.1. The van der Waals surface area contributed by atoms with E-state index < -0.39 is 0 Å². The number of anilines is 1. The standard InChI is InChI=1S/C19H15N3OS2/c1-11-8-9-14-15(10-11)25-19(21-14)22-18(23)17-16(20-12(2)24-17)13-6-4-3-5-7-13/h3-10H,1-2H3,(H,21,22,23). The average Bonchev–Trinajstić information content (AvgIpc) is 3.18. The predicted octanol–water partition coefficient (Wildman–Crippen LogP) is 5.29. The van der Waals surface area contributed by atoms with Crippen molar-refractivity contribution in [1.82, 2.24) is 9.97 Å². The summed E-state index contributed by atoms with van der Waals surface area (Å²) < 4.78 is 1.07. The maximum absolute atomic E-state index is 12.8. The number of benzene rings is 2. The van der Waals surface area contributed by atoms with E-state index >= 15 is 0 Å². The maximum atomic E-state index is 12.8. The molecular weight excluding hydrogens is 350 g/mol. The molecule has 0 bridgehead atoms. The molecular formula is C19H15N3OS2. The molecule has 0 saturated heterocycles. The lowest BCUT2D eigenvalue weighted by Crippen LogP contribution is -2.11. The molecule has 4 nitrogen and oxygen atoms in total. The van der Waals surface area contributed by atoms with Crippen molar-refractivity contribution in [3.8, 4) is 11.3 Å². The van der Waals surface area contributed by atoms with E-state index in [1.54, 1.807) is 0 Å². The van der Waals surface area contributed by atoms with Crippen LogP contribution in [-0.4, -0.2) is 15.9 Å². The van der Waals surface area contributed by atoms with Crippen molar-refractivity contribution in [2.75, 3.05) is 5.32 Å². The lowest BCUT2D eigenvalue weighted by atomic mass is 10.1. The number of amides is 1. The molecule has 0 saturated carbocycles. The van der Waals surface area contributed by atoms with Gasteiger partial charge in [-0.05, 0) is 31.5 Å². The van der Waals surface area contributed by atoms with Crippen molar-refractivity contribution in [2.45, 2.75) is 13.8 Å². The third-order valence-electron chi connectivity index (χ3n) is 3.75. The Balaban J connectivity index is 1.67. The number of rotatable bonds is 3. The Kier molecular flexibility index (Phi) is 4.07. The lowest BCUT2D eigenvalue weighted by molar-refractivity contribution is 0.103. The molecule has 0 unspecified atom stereocenters. The van der Waals surface area contributed by atoms with Crippen LogP contribution < -0.4 is 5.32 Å². The molecule has 0 radical (unpaired) electrons. The number of nitrogens with zero attached hydrogens (tertiary/aromatic N) is 2. The number of aromatic nitrogens is 2. The second-order valence-corrected chi connectivity index (χ2v) is 7.95. The molecule has 2 aromatic carbocycles. The SMILES string of the molecule is Cc1ccc2nc(NC(=O)c3sc(C)nc3-c3ccccc3)sc2c1. The van der Waals surface area contributed by atoms with Crippen LogP contribution in [-0.2, 0) is 0 Å². The predicted molar refractivity (Wildman–Crippen MR) is 105 cm³/mol. The number of fused-ring (bicyclic) bond motifs is 1. The number of hydrogen-bond acceptors (Lipinski definition) is 5. The minimum Gasteiger partial charge on any atom is -0.297 e. The Morgan fingerprint density at radius 3 is 2.60 bits per heavy atom. The van der Waals surface area contributed by atoms with Gasteiger partial charge >= 0.3 is 0 Å². The summed E-state index contributed by atoms with van der Waals surface area (Å²) >= 11 is 2.88. The second kappa shape index (κ2) is 6.38. The topological polar surface area (TPSA) is 54.9 Å². The van der Waals surface area contributed by atoms with Gasteiger partial charge < -0.3 is 0 Å². The zero-order valence-electron chi connectivity index (χ0n) is 13.7. The second-order valence-electron chi connectivity index (χ2n) is 5.72. The van der Waals surface area contributed by atoms with Gasteiger partial charge in [0.25, 0.3) is 5.91 Å². The van der Waals surface area contributed by atoms with Gasteiger partial charge in [-0.3, -0.25) is 10.1 Å². The van der Waals surface area contributed by atoms with Crippen molar-refractivity contribution in [3.05, 3.63) is 64.0 Å². The first-order valence-electron chi connectivity index (χ1n) is 7.81. The van der Waals surface area contributed by atoms with E-state index in [0.717, 1.165) is 26.5 Å². The number of carbonyl (C=O) groups is 1. The number of nitrogens with one attached hydrogen (secondary N) is 1. The van der Waals surface area contributed by atoms with Crippen LogP contribution in [0.1, 0.15) is 20.2 Å². The van der Waals surface area contributed by atoms with Crippen LogP contribution in [0.5, 0.6) is 0 Å². The number of carbonyl (C=O) groups excluding carboxylic acids is 1. The minimum absolute atomic E-state index is 0.166. The van der Waals surface area contributed by atoms with Gasteiger partial charge in [-0.15, -0.1) is 11.3 Å². The molecule has 0 spiro atoms. The molecule has 2 heterocycles. The van der Waals surface area contributed by atoms with Crippen LogP contribution in [0.2, 0.25) is 0 Å². The summed E-state index contributed by atoms with van der Waals surface area (Å²) in [4.78, 5) is 22.4. The molecule has 4 aromatic rings. The fourth-order valence-corrected chi connectivity index (χ4v) is 4.41. The molecule has 0 aliphatic carbocycles. The Morgan fingerprint density at radius 1 is 1.00 bits per heavy atom. The smallest absolute Gasteiger partial charge is 0.269 e. The van der Waals surface area contributed by atoms with Gasteiger partial charge in [-0.1, -0.05) is 47.7 Å². The molecule has 1 N–H and O–H groups in total. The maximum Gasteiger partial charge on any atom is 0.269 e. The first-order valence-corrected chi connectivity index (χ1v) is 9.45. The molecule has 124 valence electrons. The summed E-state index contributed by atoms with van der Waals surface area (Å²) in [5, 5.41) is 4.40. The van der Waals surface area contributed by atoms with Crippen LogP contribution in [0.3, 0.4) is 0 Å². The van der Waals surface area contributed by atoms with Crippen LogP contribution in [0, 0.1) is 13.8 Å². The normalized spacial score (nSPS) is 11.0. The molecule has 0 atom stereocenters. The van der Waals surface area contributed by atoms with Gasteiger partial charge in [0.15, 0.2) is 5.13 Å². The lowest BCUT2D eigenvalue weighted by Gasteiger charge is -2.02. The largest absolute Gasteiger partial charge is 0.297 e. The summed E-state index contributed by atoms with van der Waals surface area (Å²) in [7, 11) is 0. The van der Waals surface area contributed by atoms with Gasteiger partial charge in [-0.2, -0.15) is 0 Å². The molecule has 0 fully saturated rings. The molecule has 2 aromatic heterocycles. The van der Waals surface area contributed by atoms with Crippen molar-refractivity contribution < 1.29 is 4.79 Å². The van der Waals surface area contributed by atoms with E-state index in [9.17, 15) is 4.79 Å². The van der Waals surface area contributed by atoms with E-state index in [1.165, 1.54) is 28.2 Å². The van der Waals surface area contributed by atoms with Crippen molar-refractivity contribution in [2.24, 2.45) is 0 Å². The van der Waals surface area contributed by atoms with Crippen molar-refractivity contribution >= 4 is 43.9 Å². The molecule has 25 heavy (non-hydrogen) atoms. The highest BCUT2D eigenvalue weighted by Crippen LogP contribution is 2.31. The van der Waals surface area contributed by atoms with Gasteiger partial charge in [0.05, 0.1) is 20.9 Å². The van der Waals surface area contributed by atoms with Gasteiger partial charge in [0.2, 0.25) is 0 Å². The Hall–Kier alpha value is -2.57.